The fourth-order valence-electron chi connectivity index (χ4n) is 3.15. The number of carbonyl (C=O) groups excluding carboxylic acids is 1. The molecule has 0 aliphatic rings. The van der Waals surface area contributed by atoms with Gasteiger partial charge in [-0.05, 0) is 60.3 Å². The first-order chi connectivity index (χ1) is 15.2. The van der Waals surface area contributed by atoms with Crippen molar-refractivity contribution in [2.24, 2.45) is 0 Å². The lowest BCUT2D eigenvalue weighted by Crippen LogP contribution is -2.32. The fraction of sp³-hybridized carbons (Fsp3) is 0.261. The molecule has 3 rings (SSSR count). The van der Waals surface area contributed by atoms with E-state index in [0.717, 1.165) is 20.6 Å². The van der Waals surface area contributed by atoms with E-state index >= 15 is 0 Å². The van der Waals surface area contributed by atoms with Gasteiger partial charge in [0.05, 0.1) is 25.1 Å². The van der Waals surface area contributed by atoms with Crippen LogP contribution in [0.1, 0.15) is 10.4 Å². The number of hydrogen-bond acceptors (Lipinski definition) is 6. The van der Waals surface area contributed by atoms with Crippen LogP contribution in [0, 0.1) is 6.92 Å². The van der Waals surface area contributed by atoms with Crippen molar-refractivity contribution in [3.05, 3.63) is 70.4 Å². The van der Waals surface area contributed by atoms with E-state index in [-0.39, 0.29) is 17.3 Å². The van der Waals surface area contributed by atoms with Gasteiger partial charge in [-0.1, -0.05) is 12.1 Å². The quantitative estimate of drug-likeness (QED) is 0.509. The zero-order valence-electron chi connectivity index (χ0n) is 18.5. The summed E-state index contributed by atoms with van der Waals surface area (Å²) in [5, 5.41) is 4.84. The molecule has 170 valence electrons. The van der Waals surface area contributed by atoms with Gasteiger partial charge in [-0.15, -0.1) is 11.3 Å². The largest absolute Gasteiger partial charge is 0.497 e. The molecule has 0 radical (unpaired) electrons. The van der Waals surface area contributed by atoms with Crippen LogP contribution in [0.25, 0.3) is 0 Å². The minimum atomic E-state index is -3.61. The van der Waals surface area contributed by atoms with Crippen LogP contribution in [0.2, 0.25) is 0 Å². The normalized spacial score (nSPS) is 11.4. The number of nitrogens with one attached hydrogen (secondary N) is 1. The highest BCUT2D eigenvalue weighted by Gasteiger charge is 2.21. The van der Waals surface area contributed by atoms with E-state index in [1.165, 1.54) is 20.2 Å². The summed E-state index contributed by atoms with van der Waals surface area (Å²) in [4.78, 5) is 16.2. The monoisotopic (exact) mass is 473 g/mol. The first-order valence-electron chi connectivity index (χ1n) is 9.95. The third kappa shape index (κ3) is 5.67. The molecule has 3 aromatic rings. The Labute approximate surface area is 193 Å². The molecule has 0 bridgehead atoms. The van der Waals surface area contributed by atoms with Crippen molar-refractivity contribution < 1.29 is 17.9 Å². The first kappa shape index (κ1) is 23.8. The van der Waals surface area contributed by atoms with Gasteiger partial charge in [0, 0.05) is 30.3 Å². The van der Waals surface area contributed by atoms with Gasteiger partial charge in [0.15, 0.2) is 0 Å². The van der Waals surface area contributed by atoms with Crippen LogP contribution in [0.5, 0.6) is 5.75 Å². The van der Waals surface area contributed by atoms with Gasteiger partial charge in [-0.25, -0.2) is 12.7 Å². The summed E-state index contributed by atoms with van der Waals surface area (Å²) in [5.74, 6) is 0.498. The predicted octanol–water partition coefficient (Wildman–Crippen LogP) is 3.96. The number of sulfonamides is 1. The second-order valence-corrected chi connectivity index (χ2v) is 10.6. The molecule has 0 saturated heterocycles. The Morgan fingerprint density at radius 3 is 2.41 bits per heavy atom. The van der Waals surface area contributed by atoms with E-state index < -0.39 is 10.0 Å². The van der Waals surface area contributed by atoms with Gasteiger partial charge in [-0.3, -0.25) is 4.79 Å². The Kier molecular flexibility index (Phi) is 7.55. The molecular formula is C23H27N3O4S2. The number of aryl methyl sites for hydroxylation is 1. The summed E-state index contributed by atoms with van der Waals surface area (Å²) in [6.45, 7) is 2.41. The second-order valence-electron chi connectivity index (χ2n) is 7.45. The SMILES string of the molecule is COc1ccc(N(CC(=O)Nc2ccc(C)c(S(=O)(=O)N(C)C)c2)Cc2cccs2)cc1. The highest BCUT2D eigenvalue weighted by atomic mass is 32.2. The average Bonchev–Trinajstić information content (AvgIpc) is 3.27. The first-order valence-corrected chi connectivity index (χ1v) is 12.3. The molecule has 1 aromatic heterocycles. The number of ether oxygens (including phenoxy) is 1. The van der Waals surface area contributed by atoms with E-state index in [4.69, 9.17) is 4.74 Å². The van der Waals surface area contributed by atoms with Crippen LogP contribution < -0.4 is 15.0 Å². The van der Waals surface area contributed by atoms with E-state index in [1.54, 1.807) is 37.5 Å². The standard InChI is InChI=1S/C23H27N3O4S2/c1-17-7-8-18(14-22(17)32(28,29)25(2)3)24-23(27)16-26(15-21-6-5-13-31-21)19-9-11-20(30-4)12-10-19/h5-14H,15-16H2,1-4H3,(H,24,27). The number of benzene rings is 2. The number of thiophene rings is 1. The second kappa shape index (κ2) is 10.2. The van der Waals surface area contributed by atoms with Crippen LogP contribution >= 0.6 is 11.3 Å². The Balaban J connectivity index is 1.80. The van der Waals surface area contributed by atoms with Crippen molar-refractivity contribution in [1.82, 2.24) is 4.31 Å². The maximum atomic E-state index is 12.9. The van der Waals surface area contributed by atoms with Crippen molar-refractivity contribution in [3.63, 3.8) is 0 Å². The van der Waals surface area contributed by atoms with Gasteiger partial charge in [0.2, 0.25) is 15.9 Å². The lowest BCUT2D eigenvalue weighted by atomic mass is 10.2. The minimum Gasteiger partial charge on any atom is -0.497 e. The van der Waals surface area contributed by atoms with Crippen molar-refractivity contribution in [2.45, 2.75) is 18.4 Å². The van der Waals surface area contributed by atoms with Crippen LogP contribution in [0.15, 0.2) is 64.9 Å². The number of rotatable bonds is 9. The molecule has 0 aliphatic heterocycles. The third-order valence-electron chi connectivity index (χ3n) is 4.93. The van der Waals surface area contributed by atoms with Crippen molar-refractivity contribution in [3.8, 4) is 5.75 Å². The van der Waals surface area contributed by atoms with E-state index in [2.05, 4.69) is 5.32 Å². The zero-order valence-corrected chi connectivity index (χ0v) is 20.2. The third-order valence-corrected chi connectivity index (χ3v) is 7.75. The molecule has 2 aromatic carbocycles. The summed E-state index contributed by atoms with van der Waals surface area (Å²) in [6, 6.07) is 16.4. The fourth-order valence-corrected chi connectivity index (χ4v) is 5.01. The van der Waals surface area contributed by atoms with Crippen LogP contribution in [-0.2, 0) is 21.4 Å². The summed E-state index contributed by atoms with van der Waals surface area (Å²) >= 11 is 1.62. The van der Waals surface area contributed by atoms with Crippen molar-refractivity contribution >= 4 is 38.6 Å². The lowest BCUT2D eigenvalue weighted by molar-refractivity contribution is -0.115. The summed E-state index contributed by atoms with van der Waals surface area (Å²) < 4.78 is 31.6. The molecule has 0 atom stereocenters. The smallest absolute Gasteiger partial charge is 0.243 e. The number of amides is 1. The van der Waals surface area contributed by atoms with Gasteiger partial charge in [0.25, 0.3) is 0 Å². The molecule has 1 heterocycles. The van der Waals surface area contributed by atoms with Crippen LogP contribution in [0.4, 0.5) is 11.4 Å². The number of anilines is 2. The minimum absolute atomic E-state index is 0.105. The van der Waals surface area contributed by atoms with E-state index in [0.29, 0.717) is 17.8 Å². The van der Waals surface area contributed by atoms with E-state index in [9.17, 15) is 13.2 Å². The molecule has 7 nitrogen and oxygen atoms in total. The Morgan fingerprint density at radius 2 is 1.81 bits per heavy atom. The highest BCUT2D eigenvalue weighted by Crippen LogP contribution is 2.24. The molecule has 32 heavy (non-hydrogen) atoms. The Bertz CT molecular complexity index is 1160. The molecule has 0 unspecified atom stereocenters. The summed E-state index contributed by atoms with van der Waals surface area (Å²) in [5.41, 5.74) is 1.94. The summed E-state index contributed by atoms with van der Waals surface area (Å²) in [7, 11) is 0.965. The van der Waals surface area contributed by atoms with Crippen molar-refractivity contribution in [1.29, 1.82) is 0 Å². The maximum absolute atomic E-state index is 12.9. The topological polar surface area (TPSA) is 79.0 Å². The van der Waals surface area contributed by atoms with Crippen molar-refractivity contribution in [2.75, 3.05) is 38.0 Å². The molecule has 1 N–H and O–H groups in total. The lowest BCUT2D eigenvalue weighted by Gasteiger charge is -2.24. The number of methoxy groups -OCH3 is 1. The van der Waals surface area contributed by atoms with Gasteiger partial charge in [-0.2, -0.15) is 0 Å². The molecule has 0 aliphatic carbocycles. The Hall–Kier alpha value is -2.88. The van der Waals surface area contributed by atoms with Crippen LogP contribution in [-0.4, -0.2) is 46.4 Å². The Morgan fingerprint density at radius 1 is 1.09 bits per heavy atom. The van der Waals surface area contributed by atoms with Gasteiger partial charge < -0.3 is 15.0 Å². The summed E-state index contributed by atoms with van der Waals surface area (Å²) in [6.07, 6.45) is 0. The molecule has 0 saturated carbocycles. The van der Waals surface area contributed by atoms with Gasteiger partial charge >= 0.3 is 0 Å². The zero-order chi connectivity index (χ0) is 23.3. The maximum Gasteiger partial charge on any atom is 0.243 e. The molecule has 1 amide bonds. The highest BCUT2D eigenvalue weighted by molar-refractivity contribution is 7.89. The number of nitrogens with zero attached hydrogens (tertiary/aromatic N) is 2. The van der Waals surface area contributed by atoms with Crippen LogP contribution in [0.3, 0.4) is 0 Å². The number of carbonyl (C=O) groups is 1. The van der Waals surface area contributed by atoms with Gasteiger partial charge in [0.1, 0.15) is 5.75 Å². The molecular weight excluding hydrogens is 446 g/mol. The molecule has 0 spiro atoms. The number of hydrogen-bond donors (Lipinski definition) is 1. The van der Waals surface area contributed by atoms with E-state index in [1.807, 2.05) is 46.7 Å². The molecule has 0 fully saturated rings. The average molecular weight is 474 g/mol. The predicted molar refractivity (Wildman–Crippen MR) is 129 cm³/mol. The molecule has 9 heteroatoms.